The van der Waals surface area contributed by atoms with Crippen molar-refractivity contribution in [1.82, 2.24) is 14.6 Å². The summed E-state index contributed by atoms with van der Waals surface area (Å²) in [5.74, 6) is -0.191. The minimum Gasteiger partial charge on any atom is -0.379 e. The van der Waals surface area contributed by atoms with Crippen LogP contribution in [0.25, 0.3) is 0 Å². The monoisotopic (exact) mass is 477 g/mol. The first-order valence-corrected chi connectivity index (χ1v) is 13.0. The number of carbonyl (C=O) groups excluding carboxylic acids is 1. The third-order valence-corrected chi connectivity index (χ3v) is 7.86. The van der Waals surface area contributed by atoms with Gasteiger partial charge in [0.05, 0.1) is 23.8 Å². The Morgan fingerprint density at radius 2 is 2.09 bits per heavy atom. The third kappa shape index (κ3) is 5.01. The number of fused-ring (bicyclic) bond motifs is 1. The molecule has 172 valence electrons. The Bertz CT molecular complexity index is 1110. The van der Waals surface area contributed by atoms with E-state index in [4.69, 9.17) is 4.74 Å². The highest BCUT2D eigenvalue weighted by Gasteiger charge is 2.33. The molecule has 1 aromatic heterocycles. The lowest BCUT2D eigenvalue weighted by atomic mass is 9.99. The number of rotatable bonds is 7. The normalized spacial score (nSPS) is 21.0. The van der Waals surface area contributed by atoms with Crippen molar-refractivity contribution in [2.45, 2.75) is 37.8 Å². The zero-order valence-electron chi connectivity index (χ0n) is 18.1. The van der Waals surface area contributed by atoms with E-state index in [-0.39, 0.29) is 22.6 Å². The van der Waals surface area contributed by atoms with Gasteiger partial charge in [-0.25, -0.2) is 13.4 Å². The minimum atomic E-state index is -3.66. The summed E-state index contributed by atoms with van der Waals surface area (Å²) in [6, 6.07) is 5.88. The number of thiazole rings is 1. The summed E-state index contributed by atoms with van der Waals surface area (Å²) in [5, 5.41) is 5.33. The van der Waals surface area contributed by atoms with Crippen molar-refractivity contribution in [1.29, 1.82) is 0 Å². The van der Waals surface area contributed by atoms with Crippen molar-refractivity contribution in [3.63, 3.8) is 0 Å². The van der Waals surface area contributed by atoms with Crippen LogP contribution in [0.15, 0.2) is 39.5 Å². The van der Waals surface area contributed by atoms with Crippen molar-refractivity contribution in [3.8, 4) is 0 Å². The van der Waals surface area contributed by atoms with Gasteiger partial charge in [0.1, 0.15) is 11.9 Å². The number of aromatic nitrogens is 1. The number of benzene rings is 1. The first-order valence-electron chi connectivity index (χ1n) is 10.6. The van der Waals surface area contributed by atoms with Crippen LogP contribution in [0.4, 0.5) is 5.13 Å². The lowest BCUT2D eigenvalue weighted by Gasteiger charge is -2.25. The fourth-order valence-corrected chi connectivity index (χ4v) is 5.58. The molecule has 2 aromatic rings. The van der Waals surface area contributed by atoms with E-state index in [1.54, 1.807) is 18.2 Å². The SMILES string of the molecule is CC[C@H](C)[C@@H](N=C1NS(=O)(=O)c2ccccc21)C(=O)Nc1nc(CN2CCOCC2)cs1. The molecule has 0 saturated carbocycles. The molecule has 0 radical (unpaired) electrons. The summed E-state index contributed by atoms with van der Waals surface area (Å²) >= 11 is 1.37. The Kier molecular flexibility index (Phi) is 6.89. The highest BCUT2D eigenvalue weighted by Crippen LogP contribution is 2.25. The van der Waals surface area contributed by atoms with Crippen molar-refractivity contribution < 1.29 is 17.9 Å². The standard InChI is InChI=1S/C21H27N5O4S2/c1-3-14(2)18(23-19-16-6-4-5-7-17(16)32(28,29)25-19)20(27)24-21-22-15(13-31-21)12-26-8-10-30-11-9-26/h4-7,13-14,18H,3,8-12H2,1-2H3,(H,23,25)(H,22,24,27)/t14-,18+/m0/s1. The van der Waals surface area contributed by atoms with E-state index in [0.29, 0.717) is 23.7 Å². The average Bonchev–Trinajstić information content (AvgIpc) is 3.33. The molecule has 11 heteroatoms. The maximum absolute atomic E-state index is 13.1. The molecule has 1 saturated heterocycles. The fourth-order valence-electron chi connectivity index (χ4n) is 3.64. The van der Waals surface area contributed by atoms with Crippen LogP contribution in [0.1, 0.15) is 31.5 Å². The van der Waals surface area contributed by atoms with Gasteiger partial charge in [-0.3, -0.25) is 19.4 Å². The Morgan fingerprint density at radius 3 is 2.84 bits per heavy atom. The minimum absolute atomic E-state index is 0.0902. The number of sulfonamides is 1. The molecule has 2 atom stereocenters. The van der Waals surface area contributed by atoms with Crippen LogP contribution in [0.2, 0.25) is 0 Å². The predicted molar refractivity (Wildman–Crippen MR) is 123 cm³/mol. The van der Waals surface area contributed by atoms with Crippen molar-refractivity contribution >= 4 is 38.2 Å². The summed E-state index contributed by atoms with van der Waals surface area (Å²) in [6.45, 7) is 7.78. The molecule has 1 fully saturated rings. The lowest BCUT2D eigenvalue weighted by Crippen LogP contribution is -2.36. The number of amidine groups is 1. The maximum atomic E-state index is 13.1. The summed E-state index contributed by atoms with van der Waals surface area (Å²) in [4.78, 5) is 24.7. The molecule has 3 heterocycles. The van der Waals surface area contributed by atoms with Crippen LogP contribution < -0.4 is 10.0 Å². The molecule has 0 bridgehead atoms. The van der Waals surface area contributed by atoms with Crippen LogP contribution in [-0.2, 0) is 26.1 Å². The summed E-state index contributed by atoms with van der Waals surface area (Å²) in [7, 11) is -3.66. The molecule has 2 aliphatic rings. The largest absolute Gasteiger partial charge is 0.379 e. The number of anilines is 1. The molecule has 0 aliphatic carbocycles. The first kappa shape index (κ1) is 22.8. The number of morpholine rings is 1. The second-order valence-electron chi connectivity index (χ2n) is 7.93. The highest BCUT2D eigenvalue weighted by atomic mass is 32.2. The summed E-state index contributed by atoms with van der Waals surface area (Å²) in [6.07, 6.45) is 0.712. The molecule has 1 amide bonds. The van der Waals surface area contributed by atoms with E-state index < -0.39 is 16.1 Å². The second kappa shape index (κ2) is 9.65. The molecule has 32 heavy (non-hydrogen) atoms. The van der Waals surface area contributed by atoms with E-state index in [2.05, 4.69) is 24.9 Å². The number of carbonyl (C=O) groups is 1. The molecular weight excluding hydrogens is 450 g/mol. The van der Waals surface area contributed by atoms with Gasteiger partial charge in [0.2, 0.25) is 0 Å². The average molecular weight is 478 g/mol. The summed E-state index contributed by atoms with van der Waals surface area (Å²) in [5.41, 5.74) is 1.38. The topological polar surface area (TPSA) is 113 Å². The van der Waals surface area contributed by atoms with Gasteiger partial charge in [-0.15, -0.1) is 11.3 Å². The maximum Gasteiger partial charge on any atom is 0.263 e. The smallest absolute Gasteiger partial charge is 0.263 e. The Labute approximate surface area is 192 Å². The zero-order valence-corrected chi connectivity index (χ0v) is 19.7. The Balaban J connectivity index is 1.51. The van der Waals surface area contributed by atoms with Gasteiger partial charge in [0.25, 0.3) is 15.9 Å². The molecule has 0 spiro atoms. The Hall–Kier alpha value is -2.34. The number of aliphatic imine (C=N–C) groups is 1. The third-order valence-electron chi connectivity index (χ3n) is 5.65. The molecule has 4 rings (SSSR count). The van der Waals surface area contributed by atoms with Gasteiger partial charge in [0.15, 0.2) is 5.13 Å². The van der Waals surface area contributed by atoms with E-state index in [1.165, 1.54) is 17.4 Å². The molecule has 2 N–H and O–H groups in total. The highest BCUT2D eigenvalue weighted by molar-refractivity contribution is 7.90. The van der Waals surface area contributed by atoms with Crippen molar-refractivity contribution in [3.05, 3.63) is 40.9 Å². The first-order chi connectivity index (χ1) is 15.4. The van der Waals surface area contributed by atoms with Gasteiger partial charge < -0.3 is 10.1 Å². The number of amides is 1. The van der Waals surface area contributed by atoms with Crippen molar-refractivity contribution in [2.75, 3.05) is 31.6 Å². The van der Waals surface area contributed by atoms with Gasteiger partial charge in [-0.2, -0.15) is 0 Å². The molecule has 0 unspecified atom stereocenters. The van der Waals surface area contributed by atoms with Crippen LogP contribution in [0.5, 0.6) is 0 Å². The number of nitrogens with zero attached hydrogens (tertiary/aromatic N) is 3. The molecular formula is C21H27N5O4S2. The van der Waals surface area contributed by atoms with Crippen LogP contribution >= 0.6 is 11.3 Å². The summed E-state index contributed by atoms with van der Waals surface area (Å²) < 4.78 is 32.7. The van der Waals surface area contributed by atoms with E-state index in [9.17, 15) is 13.2 Å². The molecule has 1 aromatic carbocycles. The molecule has 2 aliphatic heterocycles. The van der Waals surface area contributed by atoms with Crippen LogP contribution in [0.3, 0.4) is 0 Å². The predicted octanol–water partition coefficient (Wildman–Crippen LogP) is 2.07. The Morgan fingerprint density at radius 1 is 1.34 bits per heavy atom. The number of hydrogen-bond donors (Lipinski definition) is 2. The second-order valence-corrected chi connectivity index (χ2v) is 10.4. The lowest BCUT2D eigenvalue weighted by molar-refractivity contribution is -0.118. The number of nitrogens with one attached hydrogen (secondary N) is 2. The van der Waals surface area contributed by atoms with E-state index in [1.807, 2.05) is 19.2 Å². The van der Waals surface area contributed by atoms with Crippen LogP contribution in [0, 0.1) is 5.92 Å². The van der Waals surface area contributed by atoms with Crippen molar-refractivity contribution in [2.24, 2.45) is 10.9 Å². The van der Waals surface area contributed by atoms with Gasteiger partial charge in [-0.05, 0) is 18.1 Å². The van der Waals surface area contributed by atoms with E-state index >= 15 is 0 Å². The molecule has 9 nitrogen and oxygen atoms in total. The fraction of sp³-hybridized carbons (Fsp3) is 0.476. The van der Waals surface area contributed by atoms with Crippen LogP contribution in [-0.4, -0.2) is 62.4 Å². The number of hydrogen-bond acceptors (Lipinski definition) is 8. The quantitative estimate of drug-likeness (QED) is 0.631. The van der Waals surface area contributed by atoms with E-state index in [0.717, 1.165) is 32.0 Å². The van der Waals surface area contributed by atoms with Gasteiger partial charge in [-0.1, -0.05) is 32.4 Å². The number of ether oxygens (including phenoxy) is 1. The zero-order chi connectivity index (χ0) is 22.7. The van der Waals surface area contributed by atoms with Gasteiger partial charge in [0, 0.05) is 30.6 Å². The van der Waals surface area contributed by atoms with Gasteiger partial charge >= 0.3 is 0 Å².